The number of nitrogens with one attached hydrogen (secondary N) is 2. The van der Waals surface area contributed by atoms with Crippen molar-refractivity contribution in [1.82, 2.24) is 9.97 Å². The summed E-state index contributed by atoms with van der Waals surface area (Å²) in [6.07, 6.45) is 0. The molecule has 0 aliphatic rings. The Balaban J connectivity index is 2.25. The number of carboxylic acid groups (broad SMARTS) is 2. The molecule has 0 unspecified atom stereocenters. The van der Waals surface area contributed by atoms with Gasteiger partial charge >= 0.3 is 11.9 Å². The zero-order valence-corrected chi connectivity index (χ0v) is 14.7. The molecule has 0 aliphatic heterocycles. The van der Waals surface area contributed by atoms with Crippen LogP contribution in [-0.2, 0) is 0 Å². The van der Waals surface area contributed by atoms with Gasteiger partial charge in [0.1, 0.15) is 23.3 Å². The van der Waals surface area contributed by atoms with Gasteiger partial charge in [-0.3, -0.25) is 9.59 Å². The van der Waals surface area contributed by atoms with Crippen LogP contribution in [-0.4, -0.2) is 37.2 Å². The Morgan fingerprint density at radius 3 is 1.56 bits per heavy atom. The summed E-state index contributed by atoms with van der Waals surface area (Å²) < 4.78 is 0. The number of rotatable bonds is 6. The second-order valence-electron chi connectivity index (χ2n) is 4.75. The fourth-order valence-electron chi connectivity index (χ4n) is 1.89. The number of H-pyrrole nitrogens is 2. The van der Waals surface area contributed by atoms with Crippen LogP contribution in [0, 0.1) is 22.7 Å². The predicted octanol–water partition coefficient (Wildman–Crippen LogP) is 1.04. The molecule has 2 rings (SSSR count). The summed E-state index contributed by atoms with van der Waals surface area (Å²) in [6.45, 7) is 0. The van der Waals surface area contributed by atoms with E-state index in [0.29, 0.717) is 0 Å². The lowest BCUT2D eigenvalue weighted by atomic mass is 10.2. The smallest absolute Gasteiger partial charge is 0.341 e. The number of aromatic amines is 2. The first-order valence-electron chi connectivity index (χ1n) is 6.85. The summed E-state index contributed by atoms with van der Waals surface area (Å²) in [5, 5.41) is 36.4. The molecule has 10 nitrogen and oxygen atoms in total. The van der Waals surface area contributed by atoms with Crippen molar-refractivity contribution in [2.24, 2.45) is 0 Å². The SMILES string of the molecule is N#Cc1cc(C(=O)O)c(=O)[nH]c1SCSc1[nH]c(=O)c(C(=O)O)cc1C#N. The van der Waals surface area contributed by atoms with E-state index in [9.17, 15) is 19.2 Å². The number of carbonyl (C=O) groups is 2. The first-order chi connectivity index (χ1) is 12.8. The highest BCUT2D eigenvalue weighted by molar-refractivity contribution is 8.16. The van der Waals surface area contributed by atoms with Crippen molar-refractivity contribution in [3.05, 3.63) is 55.1 Å². The molecule has 0 saturated heterocycles. The first-order valence-corrected chi connectivity index (χ1v) is 8.82. The van der Waals surface area contributed by atoms with Gasteiger partial charge in [0.2, 0.25) is 0 Å². The number of aromatic carboxylic acids is 2. The molecule has 0 fully saturated rings. The van der Waals surface area contributed by atoms with Crippen molar-refractivity contribution in [2.45, 2.75) is 10.1 Å². The third kappa shape index (κ3) is 4.38. The van der Waals surface area contributed by atoms with E-state index in [1.807, 2.05) is 0 Å². The molecular weight excluding hydrogens is 396 g/mol. The Bertz CT molecular complexity index is 1050. The van der Waals surface area contributed by atoms with Gasteiger partial charge in [-0.15, -0.1) is 0 Å². The standard InChI is InChI=1S/C15H8N4O6S2/c16-3-6-1-8(14(22)23)10(20)18-12(6)26-5-27-13-7(4-17)2-9(15(24)25)11(21)19-13/h1-2H,5H2,(H,18,20)(H,19,21)(H,22,23)(H,24,25). The van der Waals surface area contributed by atoms with Crippen LogP contribution in [0.5, 0.6) is 0 Å². The number of thioether (sulfide) groups is 2. The minimum atomic E-state index is -1.46. The van der Waals surface area contributed by atoms with Gasteiger partial charge in [-0.2, -0.15) is 10.5 Å². The van der Waals surface area contributed by atoms with E-state index < -0.39 is 34.2 Å². The van der Waals surface area contributed by atoms with Crippen LogP contribution in [0.3, 0.4) is 0 Å². The summed E-state index contributed by atoms with van der Waals surface area (Å²) in [6, 6.07) is 5.47. The van der Waals surface area contributed by atoms with Crippen LogP contribution in [0.4, 0.5) is 0 Å². The third-order valence-electron chi connectivity index (χ3n) is 3.12. The van der Waals surface area contributed by atoms with Gasteiger partial charge in [-0.25, -0.2) is 9.59 Å². The van der Waals surface area contributed by atoms with Crippen molar-refractivity contribution in [1.29, 1.82) is 10.5 Å². The van der Waals surface area contributed by atoms with Crippen LogP contribution in [0.15, 0.2) is 31.8 Å². The second kappa shape index (κ2) is 8.27. The number of carboxylic acids is 2. The maximum atomic E-state index is 11.7. The number of nitrogens with zero attached hydrogens (tertiary/aromatic N) is 2. The minimum absolute atomic E-state index is 0.0483. The lowest BCUT2D eigenvalue weighted by molar-refractivity contribution is 0.0684. The van der Waals surface area contributed by atoms with E-state index in [0.717, 1.165) is 35.7 Å². The van der Waals surface area contributed by atoms with Gasteiger partial charge in [-0.1, -0.05) is 23.5 Å². The molecule has 0 atom stereocenters. The van der Waals surface area contributed by atoms with Crippen molar-refractivity contribution >= 4 is 35.5 Å². The van der Waals surface area contributed by atoms with Crippen LogP contribution >= 0.6 is 23.5 Å². The second-order valence-corrected chi connectivity index (χ2v) is 7.09. The van der Waals surface area contributed by atoms with Gasteiger partial charge in [0.15, 0.2) is 0 Å². The molecule has 2 aromatic heterocycles. The fourth-order valence-corrected chi connectivity index (χ4v) is 3.91. The fraction of sp³-hybridized carbons (Fsp3) is 0.0667. The molecule has 27 heavy (non-hydrogen) atoms. The van der Waals surface area contributed by atoms with Crippen LogP contribution in [0.25, 0.3) is 0 Å². The molecule has 0 spiro atoms. The van der Waals surface area contributed by atoms with Crippen molar-refractivity contribution in [2.75, 3.05) is 5.08 Å². The van der Waals surface area contributed by atoms with Gasteiger partial charge in [0.05, 0.1) is 26.3 Å². The monoisotopic (exact) mass is 404 g/mol. The Kier molecular flexibility index (Phi) is 6.07. The Morgan fingerprint density at radius 2 is 1.26 bits per heavy atom. The maximum absolute atomic E-state index is 11.7. The summed E-state index contributed by atoms with van der Waals surface area (Å²) in [4.78, 5) is 49.9. The lowest BCUT2D eigenvalue weighted by Crippen LogP contribution is -2.19. The number of hydrogen-bond acceptors (Lipinski definition) is 8. The predicted molar refractivity (Wildman–Crippen MR) is 94.1 cm³/mol. The van der Waals surface area contributed by atoms with Crippen LogP contribution in [0.1, 0.15) is 31.8 Å². The lowest BCUT2D eigenvalue weighted by Gasteiger charge is -2.06. The number of hydrogen-bond donors (Lipinski definition) is 4. The zero-order valence-electron chi connectivity index (χ0n) is 13.1. The molecule has 0 aromatic carbocycles. The van der Waals surface area contributed by atoms with E-state index in [2.05, 4.69) is 9.97 Å². The van der Waals surface area contributed by atoms with Crippen molar-refractivity contribution in [3.8, 4) is 12.1 Å². The van der Waals surface area contributed by atoms with E-state index in [-0.39, 0.29) is 26.3 Å². The third-order valence-corrected chi connectivity index (χ3v) is 5.28. The maximum Gasteiger partial charge on any atom is 0.341 e. The van der Waals surface area contributed by atoms with E-state index in [4.69, 9.17) is 20.7 Å². The molecule has 4 N–H and O–H groups in total. The quantitative estimate of drug-likeness (QED) is 0.400. The Hall–Kier alpha value is -3.48. The Morgan fingerprint density at radius 1 is 0.889 bits per heavy atom. The summed E-state index contributed by atoms with van der Waals surface area (Å²) in [7, 11) is 0. The summed E-state index contributed by atoms with van der Waals surface area (Å²) >= 11 is 1.96. The number of nitriles is 2. The highest BCUT2D eigenvalue weighted by atomic mass is 32.2. The van der Waals surface area contributed by atoms with Gasteiger partial charge in [0, 0.05) is 0 Å². The van der Waals surface area contributed by atoms with Gasteiger partial charge in [0.25, 0.3) is 11.1 Å². The van der Waals surface area contributed by atoms with E-state index in [1.165, 1.54) is 0 Å². The van der Waals surface area contributed by atoms with Crippen molar-refractivity contribution < 1.29 is 19.8 Å². The number of pyridine rings is 2. The van der Waals surface area contributed by atoms with Crippen LogP contribution in [0.2, 0.25) is 0 Å². The minimum Gasteiger partial charge on any atom is -0.477 e. The highest BCUT2D eigenvalue weighted by Gasteiger charge is 2.16. The largest absolute Gasteiger partial charge is 0.477 e. The topological polar surface area (TPSA) is 188 Å². The molecule has 136 valence electrons. The summed E-state index contributed by atoms with van der Waals surface area (Å²) in [5.74, 6) is -2.93. The van der Waals surface area contributed by atoms with E-state index >= 15 is 0 Å². The average molecular weight is 404 g/mol. The molecule has 0 saturated carbocycles. The van der Waals surface area contributed by atoms with Crippen LogP contribution < -0.4 is 11.1 Å². The molecular formula is C15H8N4O6S2. The summed E-state index contributed by atoms with van der Waals surface area (Å²) in [5.41, 5.74) is -2.97. The molecule has 0 bridgehead atoms. The Labute approximate surface area is 158 Å². The average Bonchev–Trinajstić information content (AvgIpc) is 2.61. The van der Waals surface area contributed by atoms with Gasteiger partial charge < -0.3 is 20.2 Å². The van der Waals surface area contributed by atoms with Gasteiger partial charge in [-0.05, 0) is 12.1 Å². The zero-order chi connectivity index (χ0) is 20.1. The molecule has 0 amide bonds. The normalized spacial score (nSPS) is 10.0. The van der Waals surface area contributed by atoms with E-state index in [1.54, 1.807) is 12.1 Å². The molecule has 12 heteroatoms. The molecule has 0 aliphatic carbocycles. The molecule has 2 aromatic rings. The highest BCUT2D eigenvalue weighted by Crippen LogP contribution is 2.28. The molecule has 2 heterocycles. The molecule has 0 radical (unpaired) electrons. The first kappa shape index (κ1) is 19.8. The van der Waals surface area contributed by atoms with Crippen molar-refractivity contribution in [3.63, 3.8) is 0 Å². The number of aromatic nitrogens is 2.